The molecule has 1 fully saturated rings. The molecule has 1 aliphatic heterocycles. The van der Waals surface area contributed by atoms with Crippen LogP contribution in [0.1, 0.15) is 23.1 Å². The zero-order valence-electron chi connectivity index (χ0n) is 19.9. The van der Waals surface area contributed by atoms with Crippen LogP contribution in [0.25, 0.3) is 0 Å². The zero-order chi connectivity index (χ0) is 27.3. The molecular weight excluding hydrogens is 514 g/mol. The van der Waals surface area contributed by atoms with Crippen molar-refractivity contribution >= 4 is 6.03 Å². The van der Waals surface area contributed by atoms with Crippen LogP contribution in [0.5, 0.6) is 5.75 Å². The zero-order valence-corrected chi connectivity index (χ0v) is 19.9. The van der Waals surface area contributed by atoms with Gasteiger partial charge in [0.05, 0.1) is 18.2 Å². The second-order valence-electron chi connectivity index (χ2n) is 8.87. The van der Waals surface area contributed by atoms with Crippen LogP contribution < -0.4 is 15.4 Å². The molecule has 1 heterocycles. The van der Waals surface area contributed by atoms with E-state index in [4.69, 9.17) is 4.74 Å². The van der Waals surface area contributed by atoms with Crippen molar-refractivity contribution in [2.75, 3.05) is 13.2 Å². The molecule has 3 aromatic rings. The highest BCUT2D eigenvalue weighted by atomic mass is 19.3. The van der Waals surface area contributed by atoms with E-state index < -0.39 is 41.5 Å². The lowest BCUT2D eigenvalue weighted by molar-refractivity contribution is -0.253. The number of nitrogens with one attached hydrogen (secondary N) is 2. The summed E-state index contributed by atoms with van der Waals surface area (Å²) >= 11 is 0. The molecule has 0 spiro atoms. The first-order valence-electron chi connectivity index (χ1n) is 11.7. The van der Waals surface area contributed by atoms with E-state index in [9.17, 15) is 31.1 Å². The van der Waals surface area contributed by atoms with Crippen LogP contribution in [0.4, 0.5) is 31.1 Å². The highest BCUT2D eigenvalue weighted by Gasteiger charge is 2.45. The molecule has 0 aliphatic carbocycles. The van der Waals surface area contributed by atoms with Crippen molar-refractivity contribution in [1.82, 2.24) is 10.6 Å². The molecule has 2 atom stereocenters. The summed E-state index contributed by atoms with van der Waals surface area (Å²) in [5.74, 6) is -2.54. The summed E-state index contributed by atoms with van der Waals surface area (Å²) < 4.78 is 91.2. The molecule has 3 aromatic carbocycles. The number of rotatable bonds is 9. The fourth-order valence-corrected chi connectivity index (χ4v) is 4.33. The van der Waals surface area contributed by atoms with Crippen LogP contribution in [-0.2, 0) is 16.7 Å². The van der Waals surface area contributed by atoms with Gasteiger partial charge in [-0.25, -0.2) is 13.6 Å². The Morgan fingerprint density at radius 3 is 2.32 bits per heavy atom. The first kappa shape index (κ1) is 27.3. The number of benzene rings is 3. The van der Waals surface area contributed by atoms with Crippen molar-refractivity contribution in [3.05, 3.63) is 101 Å². The van der Waals surface area contributed by atoms with Crippen molar-refractivity contribution in [2.45, 2.75) is 37.0 Å². The number of hydrogen-bond acceptors (Lipinski definition) is 3. The van der Waals surface area contributed by atoms with E-state index in [1.807, 2.05) is 0 Å². The van der Waals surface area contributed by atoms with E-state index in [0.29, 0.717) is 24.7 Å². The van der Waals surface area contributed by atoms with Gasteiger partial charge < -0.3 is 20.1 Å². The van der Waals surface area contributed by atoms with Gasteiger partial charge in [-0.3, -0.25) is 0 Å². The van der Waals surface area contributed by atoms with Crippen LogP contribution in [0.3, 0.4) is 0 Å². The lowest BCUT2D eigenvalue weighted by atomic mass is 9.77. The maximum absolute atomic E-state index is 14.8. The van der Waals surface area contributed by atoms with Gasteiger partial charge in [0.2, 0.25) is 0 Å². The molecule has 5 nitrogen and oxygen atoms in total. The fraction of sp³-hybridized carbons (Fsp3) is 0.296. The van der Waals surface area contributed by atoms with Gasteiger partial charge in [-0.1, -0.05) is 42.5 Å². The SMILES string of the molecule is O=C(NC1CCOC1)N[C@](Cc1ccccc1)(c1ccc(F)cc1)c1cc(F)cc(OC(F)(F)C(F)F)c1. The third kappa shape index (κ3) is 6.39. The summed E-state index contributed by atoms with van der Waals surface area (Å²) in [6.45, 7) is 0.720. The number of hydrogen-bond donors (Lipinski definition) is 2. The minimum atomic E-state index is -4.89. The van der Waals surface area contributed by atoms with Gasteiger partial charge in [0.1, 0.15) is 17.4 Å². The summed E-state index contributed by atoms with van der Waals surface area (Å²) in [5.41, 5.74) is -0.839. The molecule has 0 aromatic heterocycles. The van der Waals surface area contributed by atoms with E-state index in [2.05, 4.69) is 15.4 Å². The topological polar surface area (TPSA) is 59.6 Å². The largest absolute Gasteiger partial charge is 0.461 e. The average molecular weight is 538 g/mol. The Morgan fingerprint density at radius 2 is 1.68 bits per heavy atom. The molecular formula is C27H24F6N2O3. The van der Waals surface area contributed by atoms with Crippen molar-refractivity contribution in [3.8, 4) is 5.75 Å². The number of urea groups is 1. The third-order valence-electron chi connectivity index (χ3n) is 6.11. The van der Waals surface area contributed by atoms with Gasteiger partial charge in [-0.05, 0) is 47.4 Å². The van der Waals surface area contributed by atoms with E-state index in [-0.39, 0.29) is 30.2 Å². The number of alkyl halides is 4. The molecule has 2 N–H and O–H groups in total. The molecule has 38 heavy (non-hydrogen) atoms. The van der Waals surface area contributed by atoms with Gasteiger partial charge in [0.15, 0.2) is 0 Å². The van der Waals surface area contributed by atoms with Crippen molar-refractivity contribution in [3.63, 3.8) is 0 Å². The third-order valence-corrected chi connectivity index (χ3v) is 6.11. The Kier molecular flexibility index (Phi) is 8.15. The fourth-order valence-electron chi connectivity index (χ4n) is 4.33. The normalized spacial score (nSPS) is 17.2. The molecule has 1 aliphatic rings. The second-order valence-corrected chi connectivity index (χ2v) is 8.87. The Bertz CT molecular complexity index is 1240. The Morgan fingerprint density at radius 1 is 0.974 bits per heavy atom. The van der Waals surface area contributed by atoms with Crippen LogP contribution in [0.2, 0.25) is 0 Å². The highest BCUT2D eigenvalue weighted by Crippen LogP contribution is 2.38. The summed E-state index contributed by atoms with van der Waals surface area (Å²) in [7, 11) is 0. The molecule has 4 rings (SSSR count). The number of amides is 2. The van der Waals surface area contributed by atoms with Gasteiger partial charge in [0.25, 0.3) is 0 Å². The summed E-state index contributed by atoms with van der Waals surface area (Å²) in [5, 5.41) is 5.57. The lowest BCUT2D eigenvalue weighted by Gasteiger charge is -2.37. The second kappa shape index (κ2) is 11.3. The van der Waals surface area contributed by atoms with E-state index >= 15 is 0 Å². The van der Waals surface area contributed by atoms with Gasteiger partial charge >= 0.3 is 18.6 Å². The van der Waals surface area contributed by atoms with Crippen LogP contribution in [0.15, 0.2) is 72.8 Å². The molecule has 2 amide bonds. The average Bonchev–Trinajstić information content (AvgIpc) is 3.37. The molecule has 202 valence electrons. The lowest BCUT2D eigenvalue weighted by Crippen LogP contribution is -2.54. The van der Waals surface area contributed by atoms with Gasteiger partial charge in [-0.2, -0.15) is 17.6 Å². The highest BCUT2D eigenvalue weighted by molar-refractivity contribution is 5.76. The van der Waals surface area contributed by atoms with Crippen molar-refractivity contribution < 1.29 is 40.6 Å². The first-order valence-corrected chi connectivity index (χ1v) is 11.7. The summed E-state index contributed by atoms with van der Waals surface area (Å²) in [6.07, 6.45) is -8.55. The molecule has 0 saturated carbocycles. The quantitative estimate of drug-likeness (QED) is 0.340. The number of carbonyl (C=O) groups excluding carboxylic acids is 1. The standard InChI is InChI=1S/C27H24F6N2O3/c28-20-8-6-18(7-9-20)26(15-17-4-2-1-3-5-17,35-25(36)34-22-10-11-37-16-22)19-12-21(29)14-23(13-19)38-27(32,33)24(30)31/h1-9,12-14,22,24H,10-11,15-16H2,(H2,34,35,36)/t22?,26-/m1/s1. The number of halogens is 6. The molecule has 1 unspecified atom stereocenters. The number of ether oxygens (including phenoxy) is 2. The van der Waals surface area contributed by atoms with E-state index in [0.717, 1.165) is 24.3 Å². The van der Waals surface area contributed by atoms with E-state index in [1.165, 1.54) is 12.1 Å². The maximum atomic E-state index is 14.8. The summed E-state index contributed by atoms with van der Waals surface area (Å²) in [6, 6.07) is 15.1. The van der Waals surface area contributed by atoms with E-state index in [1.54, 1.807) is 30.3 Å². The smallest absolute Gasteiger partial charge is 0.428 e. The predicted octanol–water partition coefficient (Wildman–Crippen LogP) is 5.78. The van der Waals surface area contributed by atoms with Crippen molar-refractivity contribution in [1.29, 1.82) is 0 Å². The molecule has 0 bridgehead atoms. The minimum Gasteiger partial charge on any atom is -0.428 e. The number of carbonyl (C=O) groups is 1. The van der Waals surface area contributed by atoms with Gasteiger partial charge in [-0.15, -0.1) is 0 Å². The first-order chi connectivity index (χ1) is 18.1. The van der Waals surface area contributed by atoms with Crippen LogP contribution in [-0.4, -0.2) is 37.8 Å². The van der Waals surface area contributed by atoms with Crippen molar-refractivity contribution in [2.24, 2.45) is 0 Å². The minimum absolute atomic E-state index is 0.0395. The Labute approximate surface area is 214 Å². The molecule has 1 saturated heterocycles. The monoisotopic (exact) mass is 538 g/mol. The summed E-state index contributed by atoms with van der Waals surface area (Å²) in [4.78, 5) is 13.2. The van der Waals surface area contributed by atoms with Crippen LogP contribution in [0, 0.1) is 11.6 Å². The predicted molar refractivity (Wildman–Crippen MR) is 126 cm³/mol. The molecule has 0 radical (unpaired) electrons. The van der Waals surface area contributed by atoms with Gasteiger partial charge in [0, 0.05) is 19.1 Å². The van der Waals surface area contributed by atoms with Crippen LogP contribution >= 0.6 is 0 Å². The Balaban J connectivity index is 1.86. The Hall–Kier alpha value is -3.73. The maximum Gasteiger partial charge on any atom is 0.461 e. The molecule has 11 heteroatoms.